The van der Waals surface area contributed by atoms with Crippen LogP contribution in [0.3, 0.4) is 0 Å². The van der Waals surface area contributed by atoms with Crippen molar-refractivity contribution in [3.63, 3.8) is 0 Å². The number of anilines is 1. The number of ether oxygens (including phenoxy) is 1. The van der Waals surface area contributed by atoms with Gasteiger partial charge in [0.25, 0.3) is 0 Å². The van der Waals surface area contributed by atoms with Crippen LogP contribution < -0.4 is 10.5 Å². The zero-order chi connectivity index (χ0) is 12.9. The summed E-state index contributed by atoms with van der Waals surface area (Å²) in [6.45, 7) is 0. The molecule has 2 nitrogen and oxygen atoms in total. The number of nitrogens with two attached hydrogens (primary N) is 1. The van der Waals surface area contributed by atoms with Crippen molar-refractivity contribution in [2.75, 3.05) is 18.6 Å². The smallest absolute Gasteiger partial charge is 0.389 e. The van der Waals surface area contributed by atoms with Crippen molar-refractivity contribution in [3.8, 4) is 5.75 Å². The van der Waals surface area contributed by atoms with Gasteiger partial charge in [-0.15, -0.1) is 11.8 Å². The Bertz CT molecular complexity index is 368. The zero-order valence-electron chi connectivity index (χ0n) is 9.38. The van der Waals surface area contributed by atoms with Crippen molar-refractivity contribution in [1.82, 2.24) is 0 Å². The van der Waals surface area contributed by atoms with E-state index in [1.807, 2.05) is 0 Å². The van der Waals surface area contributed by atoms with Crippen LogP contribution in [0, 0.1) is 0 Å². The van der Waals surface area contributed by atoms with Crippen LogP contribution in [0.4, 0.5) is 18.9 Å². The van der Waals surface area contributed by atoms with Gasteiger partial charge in [0.05, 0.1) is 7.11 Å². The van der Waals surface area contributed by atoms with Crippen LogP contribution in [0.1, 0.15) is 12.8 Å². The maximum atomic E-state index is 11.9. The molecule has 17 heavy (non-hydrogen) atoms. The van der Waals surface area contributed by atoms with E-state index in [4.69, 9.17) is 10.5 Å². The first-order valence-corrected chi connectivity index (χ1v) is 6.04. The van der Waals surface area contributed by atoms with E-state index in [0.717, 1.165) is 4.90 Å². The van der Waals surface area contributed by atoms with Gasteiger partial charge in [-0.25, -0.2) is 0 Å². The third-order valence-electron chi connectivity index (χ3n) is 2.08. The number of hydrogen-bond donors (Lipinski definition) is 1. The lowest BCUT2D eigenvalue weighted by molar-refractivity contribution is -0.134. The summed E-state index contributed by atoms with van der Waals surface area (Å²) < 4.78 is 40.8. The largest absolute Gasteiger partial charge is 0.497 e. The summed E-state index contributed by atoms with van der Waals surface area (Å²) >= 11 is 1.31. The highest BCUT2D eigenvalue weighted by Crippen LogP contribution is 2.31. The summed E-state index contributed by atoms with van der Waals surface area (Å²) in [5.74, 6) is 1.04. The van der Waals surface area contributed by atoms with Crippen LogP contribution >= 0.6 is 11.8 Å². The Morgan fingerprint density at radius 3 is 2.65 bits per heavy atom. The van der Waals surface area contributed by atoms with E-state index in [1.165, 1.54) is 18.9 Å². The fourth-order valence-electron chi connectivity index (χ4n) is 1.22. The fraction of sp³-hybridized carbons (Fsp3) is 0.455. The molecule has 1 aromatic carbocycles. The van der Waals surface area contributed by atoms with E-state index >= 15 is 0 Å². The lowest BCUT2D eigenvalue weighted by Crippen LogP contribution is -2.06. The molecule has 0 saturated heterocycles. The molecule has 0 aliphatic carbocycles. The standard InChI is InChI=1S/C11H14F3NOS/c1-16-8-3-4-9(15)10(7-8)17-6-2-5-11(12,13)14/h3-4,7H,2,5-6,15H2,1H3. The molecule has 0 heterocycles. The van der Waals surface area contributed by atoms with E-state index in [-0.39, 0.29) is 6.42 Å². The van der Waals surface area contributed by atoms with Crippen molar-refractivity contribution in [2.45, 2.75) is 23.9 Å². The molecule has 1 rings (SSSR count). The van der Waals surface area contributed by atoms with E-state index in [9.17, 15) is 13.2 Å². The molecule has 6 heteroatoms. The Morgan fingerprint density at radius 1 is 1.35 bits per heavy atom. The Balaban J connectivity index is 2.46. The van der Waals surface area contributed by atoms with E-state index < -0.39 is 12.6 Å². The summed E-state index contributed by atoms with van der Waals surface area (Å²) in [5, 5.41) is 0. The predicted octanol–water partition coefficient (Wildman–Crippen LogP) is 3.71. The molecule has 0 spiro atoms. The fourth-order valence-corrected chi connectivity index (χ4v) is 2.16. The number of thioether (sulfide) groups is 1. The van der Waals surface area contributed by atoms with Crippen LogP contribution in [-0.2, 0) is 0 Å². The molecule has 0 saturated carbocycles. The maximum absolute atomic E-state index is 11.9. The summed E-state index contributed by atoms with van der Waals surface area (Å²) in [7, 11) is 1.53. The molecule has 0 fully saturated rings. The van der Waals surface area contributed by atoms with Gasteiger partial charge in [-0.05, 0) is 30.4 Å². The molecular formula is C11H14F3NOS. The third-order valence-corrected chi connectivity index (χ3v) is 3.24. The first-order valence-electron chi connectivity index (χ1n) is 5.05. The van der Waals surface area contributed by atoms with Gasteiger partial charge >= 0.3 is 6.18 Å². The Hall–Kier alpha value is -1.04. The van der Waals surface area contributed by atoms with Crippen LogP contribution in [0.25, 0.3) is 0 Å². The number of halogens is 3. The summed E-state index contributed by atoms with van der Waals surface area (Å²) in [6, 6.07) is 5.13. The number of rotatable bonds is 5. The Kier molecular flexibility index (Phi) is 4.99. The van der Waals surface area contributed by atoms with Crippen LogP contribution in [0.15, 0.2) is 23.1 Å². The highest BCUT2D eigenvalue weighted by Gasteiger charge is 2.25. The Labute approximate surface area is 102 Å². The first kappa shape index (κ1) is 14.0. The second-order valence-corrected chi connectivity index (χ2v) is 4.61. The monoisotopic (exact) mass is 265 g/mol. The predicted molar refractivity (Wildman–Crippen MR) is 63.4 cm³/mol. The van der Waals surface area contributed by atoms with Gasteiger partial charge in [0, 0.05) is 17.0 Å². The molecular weight excluding hydrogens is 251 g/mol. The number of benzene rings is 1. The van der Waals surface area contributed by atoms with Gasteiger partial charge in [0.1, 0.15) is 5.75 Å². The van der Waals surface area contributed by atoms with Crippen molar-refractivity contribution in [3.05, 3.63) is 18.2 Å². The lowest BCUT2D eigenvalue weighted by atomic mass is 10.3. The van der Waals surface area contributed by atoms with Gasteiger partial charge in [0.15, 0.2) is 0 Å². The molecule has 0 radical (unpaired) electrons. The van der Waals surface area contributed by atoms with Crippen LogP contribution in [0.2, 0.25) is 0 Å². The van der Waals surface area contributed by atoms with Gasteiger partial charge < -0.3 is 10.5 Å². The third kappa shape index (κ3) is 5.21. The summed E-state index contributed by atoms with van der Waals surface area (Å²) in [6.07, 6.45) is -4.75. The summed E-state index contributed by atoms with van der Waals surface area (Å²) in [4.78, 5) is 0.756. The lowest BCUT2D eigenvalue weighted by Gasteiger charge is -2.08. The highest BCUT2D eigenvalue weighted by molar-refractivity contribution is 7.99. The minimum Gasteiger partial charge on any atom is -0.497 e. The minimum atomic E-state index is -4.08. The molecule has 0 aromatic heterocycles. The molecule has 0 aliphatic rings. The average molecular weight is 265 g/mol. The van der Waals surface area contributed by atoms with Crippen LogP contribution in [-0.4, -0.2) is 19.0 Å². The van der Waals surface area contributed by atoms with Crippen LogP contribution in [0.5, 0.6) is 5.75 Å². The molecule has 0 unspecified atom stereocenters. The van der Waals surface area contributed by atoms with Gasteiger partial charge in [-0.1, -0.05) is 0 Å². The molecule has 0 atom stereocenters. The van der Waals surface area contributed by atoms with Gasteiger partial charge in [-0.3, -0.25) is 0 Å². The van der Waals surface area contributed by atoms with Crippen molar-refractivity contribution < 1.29 is 17.9 Å². The number of nitrogen functional groups attached to an aromatic ring is 1. The SMILES string of the molecule is COc1ccc(N)c(SCCCC(F)(F)F)c1. The summed E-state index contributed by atoms with van der Waals surface area (Å²) in [5.41, 5.74) is 6.27. The topological polar surface area (TPSA) is 35.2 Å². The second kappa shape index (κ2) is 6.05. The van der Waals surface area contributed by atoms with Crippen molar-refractivity contribution in [1.29, 1.82) is 0 Å². The average Bonchev–Trinajstić information content (AvgIpc) is 2.25. The van der Waals surface area contributed by atoms with Crippen molar-refractivity contribution >= 4 is 17.4 Å². The van der Waals surface area contributed by atoms with E-state index in [0.29, 0.717) is 17.2 Å². The molecule has 0 amide bonds. The van der Waals surface area contributed by atoms with Gasteiger partial charge in [0.2, 0.25) is 0 Å². The van der Waals surface area contributed by atoms with E-state index in [1.54, 1.807) is 18.2 Å². The molecule has 0 aliphatic heterocycles. The Morgan fingerprint density at radius 2 is 2.06 bits per heavy atom. The number of alkyl halides is 3. The normalized spacial score (nSPS) is 11.5. The zero-order valence-corrected chi connectivity index (χ0v) is 10.2. The maximum Gasteiger partial charge on any atom is 0.389 e. The molecule has 2 N–H and O–H groups in total. The minimum absolute atomic E-state index is 0.0881. The molecule has 0 bridgehead atoms. The quantitative estimate of drug-likeness (QED) is 0.500. The number of methoxy groups -OCH3 is 1. The van der Waals surface area contributed by atoms with E-state index in [2.05, 4.69) is 0 Å². The number of hydrogen-bond acceptors (Lipinski definition) is 3. The first-order chi connectivity index (χ1) is 7.92. The van der Waals surface area contributed by atoms with Crippen molar-refractivity contribution in [2.24, 2.45) is 0 Å². The highest BCUT2D eigenvalue weighted by atomic mass is 32.2. The van der Waals surface area contributed by atoms with Gasteiger partial charge in [-0.2, -0.15) is 13.2 Å². The molecule has 96 valence electrons. The molecule has 1 aromatic rings. The second-order valence-electron chi connectivity index (χ2n) is 3.47.